The van der Waals surface area contributed by atoms with Crippen LogP contribution >= 0.6 is 0 Å². The molecule has 0 radical (unpaired) electrons. The molecule has 2 saturated heterocycles. The molecule has 2 fully saturated rings. The first kappa shape index (κ1) is 17.5. The van der Waals surface area contributed by atoms with Gasteiger partial charge < -0.3 is 19.7 Å². The second kappa shape index (κ2) is 7.00. The van der Waals surface area contributed by atoms with Gasteiger partial charge in [0.15, 0.2) is 0 Å². The third-order valence-corrected chi connectivity index (χ3v) is 5.26. The van der Waals surface area contributed by atoms with Crippen molar-refractivity contribution < 1.29 is 19.1 Å². The highest BCUT2D eigenvalue weighted by Crippen LogP contribution is 2.37. The molecule has 7 heteroatoms. The number of morpholine rings is 1. The summed E-state index contributed by atoms with van der Waals surface area (Å²) in [5, 5.41) is 3.13. The Bertz CT molecular complexity index is 857. The molecule has 0 aliphatic carbocycles. The summed E-state index contributed by atoms with van der Waals surface area (Å²) in [4.78, 5) is 30.8. The first-order chi connectivity index (χ1) is 13.1. The van der Waals surface area contributed by atoms with Crippen LogP contribution in [0.1, 0.15) is 22.3 Å². The maximum atomic E-state index is 12.9. The third-order valence-electron chi connectivity index (χ3n) is 5.26. The zero-order valence-electron chi connectivity index (χ0n) is 15.1. The molecule has 7 nitrogen and oxygen atoms in total. The van der Waals surface area contributed by atoms with E-state index in [1.165, 1.54) is 7.11 Å². The number of piperidine rings is 1. The average Bonchev–Trinajstić information content (AvgIpc) is 2.73. The first-order valence-electron chi connectivity index (χ1n) is 8.90. The third kappa shape index (κ3) is 3.14. The molecule has 2 atom stereocenters. The summed E-state index contributed by atoms with van der Waals surface area (Å²) in [5.74, 6) is 0.171. The molecule has 1 N–H and O–H groups in total. The average molecular weight is 367 g/mol. The number of pyridine rings is 1. The number of likely N-dealkylation sites (tertiary alicyclic amines) is 1. The number of aromatic nitrogens is 1. The lowest BCUT2D eigenvalue weighted by Gasteiger charge is -2.50. The van der Waals surface area contributed by atoms with Crippen LogP contribution in [0.15, 0.2) is 48.7 Å². The molecular weight excluding hydrogens is 346 g/mol. The largest absolute Gasteiger partial charge is 0.481 e. The van der Waals surface area contributed by atoms with Crippen LogP contribution in [0.25, 0.3) is 0 Å². The molecular formula is C20H21N3O4. The van der Waals surface area contributed by atoms with Crippen LogP contribution in [0.2, 0.25) is 0 Å². The Morgan fingerprint density at radius 1 is 1.33 bits per heavy atom. The minimum Gasteiger partial charge on any atom is -0.481 e. The molecule has 2 aliphatic rings. The topological polar surface area (TPSA) is 80.8 Å². The zero-order valence-corrected chi connectivity index (χ0v) is 15.1. The van der Waals surface area contributed by atoms with Gasteiger partial charge in [0.2, 0.25) is 11.8 Å². The predicted molar refractivity (Wildman–Crippen MR) is 97.3 cm³/mol. The number of rotatable bonds is 3. The van der Waals surface area contributed by atoms with Gasteiger partial charge in [-0.05, 0) is 18.1 Å². The molecule has 140 valence electrons. The number of amides is 2. The summed E-state index contributed by atoms with van der Waals surface area (Å²) in [6.45, 7) is 0.918. The van der Waals surface area contributed by atoms with Crippen molar-refractivity contribution in [3.8, 4) is 5.88 Å². The van der Waals surface area contributed by atoms with Gasteiger partial charge in [-0.3, -0.25) is 9.59 Å². The van der Waals surface area contributed by atoms with E-state index in [1.54, 1.807) is 23.2 Å². The Labute approximate surface area is 157 Å². The molecule has 2 amide bonds. The van der Waals surface area contributed by atoms with Gasteiger partial charge in [0.05, 0.1) is 12.6 Å². The van der Waals surface area contributed by atoms with Crippen LogP contribution in [0.4, 0.5) is 0 Å². The van der Waals surface area contributed by atoms with Gasteiger partial charge in [0.25, 0.3) is 5.91 Å². The Balaban J connectivity index is 1.60. The van der Waals surface area contributed by atoms with Crippen LogP contribution in [-0.2, 0) is 15.1 Å². The highest BCUT2D eigenvalue weighted by Gasteiger charge is 2.49. The van der Waals surface area contributed by atoms with E-state index in [0.717, 1.165) is 5.56 Å². The van der Waals surface area contributed by atoms with Gasteiger partial charge >= 0.3 is 0 Å². The number of hydrogen-bond donors (Lipinski definition) is 1. The fourth-order valence-electron chi connectivity index (χ4n) is 3.88. The summed E-state index contributed by atoms with van der Waals surface area (Å²) >= 11 is 0. The summed E-state index contributed by atoms with van der Waals surface area (Å²) in [6, 6.07) is 13.1. The van der Waals surface area contributed by atoms with E-state index in [-0.39, 0.29) is 24.5 Å². The molecule has 0 bridgehead atoms. The molecule has 1 aromatic carbocycles. The molecule has 0 spiro atoms. The van der Waals surface area contributed by atoms with Crippen molar-refractivity contribution in [2.45, 2.75) is 18.1 Å². The molecule has 2 aromatic rings. The number of nitrogens with zero attached hydrogens (tertiary/aromatic N) is 2. The highest BCUT2D eigenvalue weighted by molar-refractivity contribution is 5.94. The molecule has 0 saturated carbocycles. The van der Waals surface area contributed by atoms with Gasteiger partial charge in [-0.25, -0.2) is 4.98 Å². The predicted octanol–water partition coefficient (Wildman–Crippen LogP) is 1.35. The second-order valence-corrected chi connectivity index (χ2v) is 6.77. The number of carbonyl (C=O) groups excluding carboxylic acids is 2. The van der Waals surface area contributed by atoms with Crippen molar-refractivity contribution in [2.75, 3.05) is 26.8 Å². The van der Waals surface area contributed by atoms with Gasteiger partial charge in [0.1, 0.15) is 12.7 Å². The first-order valence-corrected chi connectivity index (χ1v) is 8.90. The summed E-state index contributed by atoms with van der Waals surface area (Å²) in [5.41, 5.74) is 0.915. The lowest BCUT2D eigenvalue weighted by Crippen LogP contribution is -2.67. The number of benzene rings is 1. The number of methoxy groups -OCH3 is 1. The maximum absolute atomic E-state index is 12.9. The second-order valence-electron chi connectivity index (χ2n) is 6.77. The lowest BCUT2D eigenvalue weighted by atomic mass is 9.77. The number of ether oxygens (including phenoxy) is 2. The van der Waals surface area contributed by atoms with Crippen LogP contribution < -0.4 is 10.1 Å². The smallest absolute Gasteiger partial charge is 0.254 e. The zero-order chi connectivity index (χ0) is 18.9. The van der Waals surface area contributed by atoms with Crippen molar-refractivity contribution >= 4 is 11.8 Å². The molecule has 1 aromatic heterocycles. The minimum atomic E-state index is -0.608. The summed E-state index contributed by atoms with van der Waals surface area (Å²) < 4.78 is 11.0. The number of hydrogen-bond acceptors (Lipinski definition) is 5. The van der Waals surface area contributed by atoms with Crippen LogP contribution in [0, 0.1) is 0 Å². The van der Waals surface area contributed by atoms with Crippen molar-refractivity contribution in [3.63, 3.8) is 0 Å². The van der Waals surface area contributed by atoms with E-state index in [0.29, 0.717) is 31.0 Å². The Hall–Kier alpha value is -2.93. The molecule has 3 heterocycles. The molecule has 2 aliphatic heterocycles. The standard InChI is InChI=1S/C20H21N3O4/c1-26-18-11-14(7-9-21-18)19(25)23-10-8-20(15-5-3-2-4-6-15)16(12-23)27-13-17(24)22-20/h2-7,9,11,16H,8,10,12-13H2,1H3,(H,22,24)/t16-,20+/m1/s1. The molecule has 0 unspecified atom stereocenters. The highest BCUT2D eigenvalue weighted by atomic mass is 16.5. The Morgan fingerprint density at radius 3 is 2.93 bits per heavy atom. The van der Waals surface area contributed by atoms with Crippen molar-refractivity contribution in [1.29, 1.82) is 0 Å². The van der Waals surface area contributed by atoms with Crippen LogP contribution in [-0.4, -0.2) is 54.6 Å². The number of carbonyl (C=O) groups is 2. The summed E-state index contributed by atoms with van der Waals surface area (Å²) in [7, 11) is 1.52. The van der Waals surface area contributed by atoms with Gasteiger partial charge in [-0.15, -0.1) is 0 Å². The van der Waals surface area contributed by atoms with Crippen molar-refractivity contribution in [1.82, 2.24) is 15.2 Å². The fraction of sp³-hybridized carbons (Fsp3) is 0.350. The van der Waals surface area contributed by atoms with Gasteiger partial charge in [0, 0.05) is 30.9 Å². The van der Waals surface area contributed by atoms with E-state index < -0.39 is 5.54 Å². The van der Waals surface area contributed by atoms with E-state index >= 15 is 0 Å². The van der Waals surface area contributed by atoms with E-state index in [9.17, 15) is 9.59 Å². The van der Waals surface area contributed by atoms with Crippen molar-refractivity contribution in [3.05, 3.63) is 59.8 Å². The fourth-order valence-corrected chi connectivity index (χ4v) is 3.88. The monoisotopic (exact) mass is 367 g/mol. The van der Waals surface area contributed by atoms with Crippen LogP contribution in [0.3, 0.4) is 0 Å². The maximum Gasteiger partial charge on any atom is 0.254 e. The Morgan fingerprint density at radius 2 is 2.15 bits per heavy atom. The number of fused-ring (bicyclic) bond motifs is 1. The Kier molecular flexibility index (Phi) is 4.53. The quantitative estimate of drug-likeness (QED) is 0.886. The minimum absolute atomic E-state index is 0.00433. The summed E-state index contributed by atoms with van der Waals surface area (Å²) in [6.07, 6.45) is 1.84. The lowest BCUT2D eigenvalue weighted by molar-refractivity contribution is -0.150. The molecule has 27 heavy (non-hydrogen) atoms. The SMILES string of the molecule is COc1cc(C(=O)N2CC[C@@]3(c4ccccc4)NC(=O)CO[C@@H]3C2)ccn1. The van der Waals surface area contributed by atoms with E-state index in [2.05, 4.69) is 10.3 Å². The number of nitrogens with one attached hydrogen (secondary N) is 1. The normalized spacial score (nSPS) is 24.7. The van der Waals surface area contributed by atoms with E-state index in [4.69, 9.17) is 9.47 Å². The van der Waals surface area contributed by atoms with Gasteiger partial charge in [-0.2, -0.15) is 0 Å². The van der Waals surface area contributed by atoms with Crippen LogP contribution in [0.5, 0.6) is 5.88 Å². The molecule has 4 rings (SSSR count). The van der Waals surface area contributed by atoms with Gasteiger partial charge in [-0.1, -0.05) is 30.3 Å². The van der Waals surface area contributed by atoms with E-state index in [1.807, 2.05) is 30.3 Å². The van der Waals surface area contributed by atoms with Crippen molar-refractivity contribution in [2.24, 2.45) is 0 Å².